The molecule has 0 spiro atoms. The molecule has 0 aliphatic carbocycles. The Hall–Kier alpha value is -0.800. The van der Waals surface area contributed by atoms with Crippen molar-refractivity contribution in [3.8, 4) is 0 Å². The highest BCUT2D eigenvalue weighted by atomic mass is 16.3. The Morgan fingerprint density at radius 1 is 1.38 bits per heavy atom. The Bertz CT molecular complexity index is 241. The molecule has 1 heterocycles. The highest BCUT2D eigenvalue weighted by molar-refractivity contribution is 5.16. The third kappa shape index (κ3) is 2.57. The van der Waals surface area contributed by atoms with Crippen LogP contribution in [0, 0.1) is 0 Å². The average molecular weight is 182 g/mol. The van der Waals surface area contributed by atoms with E-state index in [9.17, 15) is 0 Å². The second-order valence-electron chi connectivity index (χ2n) is 3.03. The average Bonchev–Trinajstić information content (AvgIpc) is 2.61. The SMILES string of the molecule is CCN(CC)Cc1occc1CN. The van der Waals surface area contributed by atoms with Crippen LogP contribution < -0.4 is 5.73 Å². The van der Waals surface area contributed by atoms with Crippen molar-refractivity contribution in [1.29, 1.82) is 0 Å². The summed E-state index contributed by atoms with van der Waals surface area (Å²) in [6, 6.07) is 1.94. The lowest BCUT2D eigenvalue weighted by atomic mass is 10.2. The van der Waals surface area contributed by atoms with Gasteiger partial charge in [-0.1, -0.05) is 13.8 Å². The van der Waals surface area contributed by atoms with E-state index < -0.39 is 0 Å². The fourth-order valence-corrected chi connectivity index (χ4v) is 1.34. The maximum absolute atomic E-state index is 5.58. The van der Waals surface area contributed by atoms with Crippen molar-refractivity contribution in [2.24, 2.45) is 5.73 Å². The van der Waals surface area contributed by atoms with Gasteiger partial charge >= 0.3 is 0 Å². The van der Waals surface area contributed by atoms with Gasteiger partial charge in [0.05, 0.1) is 12.8 Å². The molecule has 0 bridgehead atoms. The van der Waals surface area contributed by atoms with Crippen molar-refractivity contribution in [2.75, 3.05) is 13.1 Å². The van der Waals surface area contributed by atoms with E-state index in [2.05, 4.69) is 18.7 Å². The van der Waals surface area contributed by atoms with Crippen molar-refractivity contribution in [1.82, 2.24) is 4.90 Å². The zero-order chi connectivity index (χ0) is 9.68. The molecule has 0 aromatic carbocycles. The molecule has 0 saturated heterocycles. The molecule has 3 heteroatoms. The van der Waals surface area contributed by atoms with Crippen molar-refractivity contribution in [3.63, 3.8) is 0 Å². The Morgan fingerprint density at radius 3 is 2.62 bits per heavy atom. The fourth-order valence-electron chi connectivity index (χ4n) is 1.34. The molecule has 0 saturated carbocycles. The molecule has 2 N–H and O–H groups in total. The van der Waals surface area contributed by atoms with Crippen LogP contribution in [-0.4, -0.2) is 18.0 Å². The summed E-state index contributed by atoms with van der Waals surface area (Å²) in [7, 11) is 0. The first-order valence-corrected chi connectivity index (χ1v) is 4.79. The highest BCUT2D eigenvalue weighted by Crippen LogP contribution is 2.12. The lowest BCUT2D eigenvalue weighted by Gasteiger charge is -2.16. The van der Waals surface area contributed by atoms with E-state index in [1.807, 2.05) is 6.07 Å². The minimum absolute atomic E-state index is 0.563. The molecule has 0 radical (unpaired) electrons. The van der Waals surface area contributed by atoms with E-state index in [4.69, 9.17) is 10.2 Å². The largest absolute Gasteiger partial charge is 0.468 e. The third-order valence-corrected chi connectivity index (χ3v) is 2.32. The van der Waals surface area contributed by atoms with Crippen LogP contribution in [0.25, 0.3) is 0 Å². The van der Waals surface area contributed by atoms with Gasteiger partial charge in [0.15, 0.2) is 0 Å². The van der Waals surface area contributed by atoms with Crippen LogP contribution in [0.15, 0.2) is 16.7 Å². The van der Waals surface area contributed by atoms with Gasteiger partial charge in [0.2, 0.25) is 0 Å². The number of nitrogens with two attached hydrogens (primary N) is 1. The standard InChI is InChI=1S/C10H18N2O/c1-3-12(4-2)8-10-9(7-11)5-6-13-10/h5-6H,3-4,7-8,11H2,1-2H3. The summed E-state index contributed by atoms with van der Waals surface area (Å²) in [6.07, 6.45) is 1.71. The molecule has 0 aliphatic rings. The summed E-state index contributed by atoms with van der Waals surface area (Å²) in [5.74, 6) is 1.01. The van der Waals surface area contributed by atoms with Crippen molar-refractivity contribution in [2.45, 2.75) is 26.9 Å². The molecule has 0 atom stereocenters. The van der Waals surface area contributed by atoms with Gasteiger partial charge in [0.25, 0.3) is 0 Å². The zero-order valence-electron chi connectivity index (χ0n) is 8.42. The molecule has 13 heavy (non-hydrogen) atoms. The highest BCUT2D eigenvalue weighted by Gasteiger charge is 2.07. The van der Waals surface area contributed by atoms with Gasteiger partial charge < -0.3 is 10.2 Å². The van der Waals surface area contributed by atoms with E-state index in [0.29, 0.717) is 6.54 Å². The van der Waals surface area contributed by atoms with Crippen LogP contribution in [0.1, 0.15) is 25.2 Å². The van der Waals surface area contributed by atoms with Crippen molar-refractivity contribution < 1.29 is 4.42 Å². The van der Waals surface area contributed by atoms with Gasteiger partial charge in [-0.25, -0.2) is 0 Å². The maximum atomic E-state index is 5.58. The second-order valence-corrected chi connectivity index (χ2v) is 3.03. The first-order chi connectivity index (χ1) is 6.31. The lowest BCUT2D eigenvalue weighted by molar-refractivity contribution is 0.267. The van der Waals surface area contributed by atoms with Crippen molar-refractivity contribution in [3.05, 3.63) is 23.7 Å². The van der Waals surface area contributed by atoms with Gasteiger partial charge in [-0.15, -0.1) is 0 Å². The summed E-state index contributed by atoms with van der Waals surface area (Å²) in [4.78, 5) is 2.30. The first kappa shape index (κ1) is 10.3. The quantitative estimate of drug-likeness (QED) is 0.751. The Kier molecular flexibility index (Phi) is 3.99. The summed E-state index contributed by atoms with van der Waals surface area (Å²) in [5.41, 5.74) is 6.69. The summed E-state index contributed by atoms with van der Waals surface area (Å²) in [6.45, 7) is 7.81. The molecule has 0 unspecified atom stereocenters. The zero-order valence-corrected chi connectivity index (χ0v) is 8.42. The van der Waals surface area contributed by atoms with Gasteiger partial charge in [0, 0.05) is 12.1 Å². The van der Waals surface area contributed by atoms with E-state index in [1.165, 1.54) is 0 Å². The van der Waals surface area contributed by atoms with Crippen LogP contribution in [0.3, 0.4) is 0 Å². The minimum Gasteiger partial charge on any atom is -0.468 e. The van der Waals surface area contributed by atoms with Gasteiger partial charge in [-0.2, -0.15) is 0 Å². The molecule has 0 aliphatic heterocycles. The van der Waals surface area contributed by atoms with Gasteiger partial charge in [-0.3, -0.25) is 4.90 Å². The molecule has 0 amide bonds. The monoisotopic (exact) mass is 182 g/mol. The van der Waals surface area contributed by atoms with Crippen LogP contribution >= 0.6 is 0 Å². The van der Waals surface area contributed by atoms with E-state index in [0.717, 1.165) is 31.0 Å². The Balaban J connectivity index is 2.61. The predicted octanol–water partition coefficient (Wildman–Crippen LogP) is 1.58. The van der Waals surface area contributed by atoms with Crippen LogP contribution in [0.4, 0.5) is 0 Å². The first-order valence-electron chi connectivity index (χ1n) is 4.79. The summed E-state index contributed by atoms with van der Waals surface area (Å²) >= 11 is 0. The van der Waals surface area contributed by atoms with Crippen LogP contribution in [0.2, 0.25) is 0 Å². The molecule has 74 valence electrons. The Labute approximate surface area is 79.5 Å². The molecule has 1 rings (SSSR count). The second kappa shape index (κ2) is 5.04. The number of hydrogen-bond acceptors (Lipinski definition) is 3. The van der Waals surface area contributed by atoms with Crippen LogP contribution in [-0.2, 0) is 13.1 Å². The normalized spacial score (nSPS) is 11.1. The molecule has 0 fully saturated rings. The third-order valence-electron chi connectivity index (χ3n) is 2.32. The number of nitrogens with zero attached hydrogens (tertiary/aromatic N) is 1. The molecule has 1 aromatic heterocycles. The Morgan fingerprint density at radius 2 is 2.08 bits per heavy atom. The van der Waals surface area contributed by atoms with Gasteiger partial charge in [-0.05, 0) is 19.2 Å². The van der Waals surface area contributed by atoms with Crippen molar-refractivity contribution >= 4 is 0 Å². The summed E-state index contributed by atoms with van der Waals surface area (Å²) in [5, 5.41) is 0. The predicted molar refractivity (Wildman–Crippen MR) is 53.2 cm³/mol. The van der Waals surface area contributed by atoms with E-state index in [-0.39, 0.29) is 0 Å². The number of rotatable bonds is 5. The number of furan rings is 1. The maximum Gasteiger partial charge on any atom is 0.122 e. The molecular weight excluding hydrogens is 164 g/mol. The molecule has 3 nitrogen and oxygen atoms in total. The lowest BCUT2D eigenvalue weighted by Crippen LogP contribution is -2.22. The van der Waals surface area contributed by atoms with E-state index in [1.54, 1.807) is 6.26 Å². The minimum atomic E-state index is 0.563. The van der Waals surface area contributed by atoms with E-state index >= 15 is 0 Å². The number of hydrogen-bond donors (Lipinski definition) is 1. The topological polar surface area (TPSA) is 42.4 Å². The molecular formula is C10H18N2O. The smallest absolute Gasteiger partial charge is 0.122 e. The van der Waals surface area contributed by atoms with Crippen LogP contribution in [0.5, 0.6) is 0 Å². The van der Waals surface area contributed by atoms with Gasteiger partial charge in [0.1, 0.15) is 5.76 Å². The summed E-state index contributed by atoms with van der Waals surface area (Å²) < 4.78 is 5.37. The fraction of sp³-hybridized carbons (Fsp3) is 0.600. The molecule has 1 aromatic rings.